The van der Waals surface area contributed by atoms with Crippen molar-refractivity contribution in [2.45, 2.75) is 6.92 Å². The Balaban J connectivity index is 2.03. The Bertz CT molecular complexity index is 567. The molecule has 1 aromatic heterocycles. The predicted octanol–water partition coefficient (Wildman–Crippen LogP) is 2.17. The van der Waals surface area contributed by atoms with Gasteiger partial charge in [-0.1, -0.05) is 0 Å². The highest BCUT2D eigenvalue weighted by atomic mass is 16.5. The largest absolute Gasteiger partial charge is 0.497 e. The monoisotopic (exact) mass is 272 g/mol. The summed E-state index contributed by atoms with van der Waals surface area (Å²) in [6.07, 6.45) is 2.98. The van der Waals surface area contributed by atoms with Crippen LogP contribution in [0.4, 0.5) is 11.5 Å². The topological polar surface area (TPSA) is 76.1 Å². The molecule has 2 rings (SSSR count). The third kappa shape index (κ3) is 3.44. The number of carbonyl (C=O) groups excluding carboxylic acids is 1. The highest BCUT2D eigenvalue weighted by Crippen LogP contribution is 2.15. The number of nitrogens with one attached hydrogen (secondary N) is 2. The van der Waals surface area contributed by atoms with Crippen LogP contribution in [0.2, 0.25) is 0 Å². The highest BCUT2D eigenvalue weighted by molar-refractivity contribution is 6.02. The van der Waals surface area contributed by atoms with Gasteiger partial charge in [0.05, 0.1) is 19.5 Å². The van der Waals surface area contributed by atoms with Gasteiger partial charge in [0.15, 0.2) is 0 Å². The number of ether oxygens (including phenoxy) is 1. The third-order valence-electron chi connectivity index (χ3n) is 2.59. The minimum atomic E-state index is -0.300. The molecule has 0 saturated carbocycles. The van der Waals surface area contributed by atoms with Crippen LogP contribution >= 0.6 is 0 Å². The fraction of sp³-hybridized carbons (Fsp3) is 0.214. The first-order valence-electron chi connectivity index (χ1n) is 6.24. The van der Waals surface area contributed by atoms with Crippen LogP contribution < -0.4 is 15.4 Å². The molecule has 0 bridgehead atoms. The smallest absolute Gasteiger partial charge is 0.275 e. The molecule has 0 fully saturated rings. The van der Waals surface area contributed by atoms with Gasteiger partial charge in [-0.2, -0.15) is 0 Å². The molecule has 20 heavy (non-hydrogen) atoms. The molecule has 6 heteroatoms. The van der Waals surface area contributed by atoms with Gasteiger partial charge in [-0.25, -0.2) is 9.97 Å². The van der Waals surface area contributed by atoms with Gasteiger partial charge in [-0.05, 0) is 31.2 Å². The van der Waals surface area contributed by atoms with Gasteiger partial charge in [0.1, 0.15) is 17.3 Å². The Morgan fingerprint density at radius 3 is 2.50 bits per heavy atom. The zero-order valence-electron chi connectivity index (χ0n) is 11.4. The minimum absolute atomic E-state index is 0.266. The molecule has 1 amide bonds. The molecule has 0 aliphatic carbocycles. The average molecular weight is 272 g/mol. The third-order valence-corrected chi connectivity index (χ3v) is 2.59. The number of hydrogen-bond acceptors (Lipinski definition) is 5. The zero-order chi connectivity index (χ0) is 14.4. The first-order valence-corrected chi connectivity index (χ1v) is 6.24. The fourth-order valence-electron chi connectivity index (χ4n) is 1.59. The van der Waals surface area contributed by atoms with E-state index in [1.54, 1.807) is 31.4 Å². The van der Waals surface area contributed by atoms with Crippen molar-refractivity contribution in [3.05, 3.63) is 42.4 Å². The molecule has 0 spiro atoms. The molecule has 0 unspecified atom stereocenters. The summed E-state index contributed by atoms with van der Waals surface area (Å²) in [7, 11) is 1.59. The van der Waals surface area contributed by atoms with E-state index in [0.717, 1.165) is 12.3 Å². The Kier molecular flexibility index (Phi) is 4.49. The van der Waals surface area contributed by atoms with E-state index in [0.29, 0.717) is 11.5 Å². The lowest BCUT2D eigenvalue weighted by Crippen LogP contribution is -2.14. The van der Waals surface area contributed by atoms with Gasteiger partial charge in [-0.15, -0.1) is 0 Å². The predicted molar refractivity (Wildman–Crippen MR) is 77.1 cm³/mol. The van der Waals surface area contributed by atoms with Crippen molar-refractivity contribution in [1.29, 1.82) is 0 Å². The highest BCUT2D eigenvalue weighted by Gasteiger charge is 2.08. The summed E-state index contributed by atoms with van der Waals surface area (Å²) in [4.78, 5) is 20.1. The first kappa shape index (κ1) is 13.8. The summed E-state index contributed by atoms with van der Waals surface area (Å²) in [6, 6.07) is 7.07. The van der Waals surface area contributed by atoms with Crippen molar-refractivity contribution >= 4 is 17.4 Å². The molecule has 0 atom stereocenters. The molecule has 2 N–H and O–H groups in total. The normalized spacial score (nSPS) is 9.90. The van der Waals surface area contributed by atoms with Gasteiger partial charge in [0.2, 0.25) is 0 Å². The molecule has 1 aromatic carbocycles. The zero-order valence-corrected chi connectivity index (χ0v) is 11.4. The van der Waals surface area contributed by atoms with E-state index < -0.39 is 0 Å². The lowest BCUT2D eigenvalue weighted by atomic mass is 10.3. The molecule has 0 aliphatic rings. The van der Waals surface area contributed by atoms with Crippen molar-refractivity contribution in [2.24, 2.45) is 0 Å². The van der Waals surface area contributed by atoms with E-state index in [1.165, 1.54) is 12.4 Å². The van der Waals surface area contributed by atoms with Crippen LogP contribution in [0.3, 0.4) is 0 Å². The SMILES string of the molecule is CCNc1cnc(C(=O)Nc2ccc(OC)cc2)cn1. The maximum Gasteiger partial charge on any atom is 0.275 e. The molecule has 1 heterocycles. The number of nitrogens with zero attached hydrogens (tertiary/aromatic N) is 2. The van der Waals surface area contributed by atoms with Gasteiger partial charge >= 0.3 is 0 Å². The Labute approximate surface area is 117 Å². The second-order valence-corrected chi connectivity index (χ2v) is 4.00. The van der Waals surface area contributed by atoms with Crippen LogP contribution in [0, 0.1) is 0 Å². The van der Waals surface area contributed by atoms with Crippen LogP contribution in [0.15, 0.2) is 36.7 Å². The number of hydrogen-bond donors (Lipinski definition) is 2. The van der Waals surface area contributed by atoms with Gasteiger partial charge in [0, 0.05) is 12.2 Å². The van der Waals surface area contributed by atoms with Crippen LogP contribution in [0.25, 0.3) is 0 Å². The number of benzene rings is 1. The van der Waals surface area contributed by atoms with E-state index in [9.17, 15) is 4.79 Å². The standard InChI is InChI=1S/C14H16N4O2/c1-3-15-13-9-16-12(8-17-13)14(19)18-10-4-6-11(20-2)7-5-10/h4-9H,3H2,1-2H3,(H,15,17)(H,18,19). The van der Waals surface area contributed by atoms with Crippen LogP contribution in [-0.4, -0.2) is 29.5 Å². The number of carbonyl (C=O) groups is 1. The molecule has 0 saturated heterocycles. The van der Waals surface area contributed by atoms with Crippen molar-refractivity contribution < 1.29 is 9.53 Å². The number of methoxy groups -OCH3 is 1. The minimum Gasteiger partial charge on any atom is -0.497 e. The van der Waals surface area contributed by atoms with Crippen LogP contribution in [-0.2, 0) is 0 Å². The average Bonchev–Trinajstić information content (AvgIpc) is 2.49. The number of rotatable bonds is 5. The van der Waals surface area contributed by atoms with E-state index in [4.69, 9.17) is 4.74 Å². The van der Waals surface area contributed by atoms with Crippen molar-refractivity contribution in [3.63, 3.8) is 0 Å². The van der Waals surface area contributed by atoms with E-state index in [-0.39, 0.29) is 11.6 Å². The van der Waals surface area contributed by atoms with Crippen molar-refractivity contribution in [2.75, 3.05) is 24.3 Å². The van der Waals surface area contributed by atoms with E-state index in [2.05, 4.69) is 20.6 Å². The molecular weight excluding hydrogens is 256 g/mol. The molecule has 0 radical (unpaired) electrons. The van der Waals surface area contributed by atoms with Crippen molar-refractivity contribution in [1.82, 2.24) is 9.97 Å². The molecule has 6 nitrogen and oxygen atoms in total. The van der Waals surface area contributed by atoms with Gasteiger partial charge < -0.3 is 15.4 Å². The number of amides is 1. The van der Waals surface area contributed by atoms with Crippen molar-refractivity contribution in [3.8, 4) is 5.75 Å². The quantitative estimate of drug-likeness (QED) is 0.872. The van der Waals surface area contributed by atoms with Crippen LogP contribution in [0.5, 0.6) is 5.75 Å². The fourth-order valence-corrected chi connectivity index (χ4v) is 1.59. The summed E-state index contributed by atoms with van der Waals surface area (Å²) < 4.78 is 5.05. The number of aromatic nitrogens is 2. The first-order chi connectivity index (χ1) is 9.72. The summed E-state index contributed by atoms with van der Waals surface area (Å²) in [5.74, 6) is 1.08. The van der Waals surface area contributed by atoms with E-state index >= 15 is 0 Å². The summed E-state index contributed by atoms with van der Waals surface area (Å²) >= 11 is 0. The molecular formula is C14H16N4O2. The summed E-state index contributed by atoms with van der Waals surface area (Å²) in [5, 5.41) is 5.76. The number of anilines is 2. The second-order valence-electron chi connectivity index (χ2n) is 4.00. The van der Waals surface area contributed by atoms with Gasteiger partial charge in [0.25, 0.3) is 5.91 Å². The Morgan fingerprint density at radius 1 is 1.20 bits per heavy atom. The maximum atomic E-state index is 12.0. The summed E-state index contributed by atoms with van der Waals surface area (Å²) in [5.41, 5.74) is 0.941. The molecule has 2 aromatic rings. The summed E-state index contributed by atoms with van der Waals surface area (Å²) in [6.45, 7) is 2.72. The second kappa shape index (κ2) is 6.51. The lowest BCUT2D eigenvalue weighted by Gasteiger charge is -2.06. The Hall–Kier alpha value is -2.63. The molecule has 104 valence electrons. The lowest BCUT2D eigenvalue weighted by molar-refractivity contribution is 0.102. The van der Waals surface area contributed by atoms with Gasteiger partial charge in [-0.3, -0.25) is 4.79 Å². The molecule has 0 aliphatic heterocycles. The maximum absolute atomic E-state index is 12.0. The Morgan fingerprint density at radius 2 is 1.95 bits per heavy atom. The van der Waals surface area contributed by atoms with Crippen LogP contribution in [0.1, 0.15) is 17.4 Å². The van der Waals surface area contributed by atoms with E-state index in [1.807, 2.05) is 6.92 Å².